The Labute approximate surface area is 175 Å². The van der Waals surface area contributed by atoms with Crippen LogP contribution in [0.2, 0.25) is 0 Å². The number of amides is 1. The third-order valence-electron chi connectivity index (χ3n) is 4.27. The minimum Gasteiger partial charge on any atom is -0.385 e. The molecule has 6 heteroatoms. The number of hydrogen-bond acceptors (Lipinski definition) is 5. The lowest BCUT2D eigenvalue weighted by Gasteiger charge is -2.17. The number of rotatable bonds is 9. The first kappa shape index (κ1) is 20.4. The van der Waals surface area contributed by atoms with Gasteiger partial charge in [0.25, 0.3) is 5.91 Å². The molecule has 146 valence electrons. The maximum absolute atomic E-state index is 12.6. The first-order valence-corrected chi connectivity index (χ1v) is 11.2. The molecular weight excluding hydrogens is 386 g/mol. The van der Waals surface area contributed by atoms with Gasteiger partial charge in [-0.25, -0.2) is 4.98 Å². The molecule has 0 aliphatic carbocycles. The van der Waals surface area contributed by atoms with Crippen LogP contribution in [0.5, 0.6) is 0 Å². The summed E-state index contributed by atoms with van der Waals surface area (Å²) in [5.74, 6) is 0.915. The molecule has 0 aliphatic rings. The van der Waals surface area contributed by atoms with Crippen molar-refractivity contribution in [2.24, 2.45) is 0 Å². The molecule has 0 unspecified atom stereocenters. The van der Waals surface area contributed by atoms with E-state index in [2.05, 4.69) is 15.7 Å². The average Bonchev–Trinajstić information content (AvgIpc) is 3.15. The Morgan fingerprint density at radius 3 is 2.57 bits per heavy atom. The van der Waals surface area contributed by atoms with Crippen LogP contribution in [0.15, 0.2) is 64.9 Å². The zero-order valence-electron chi connectivity index (χ0n) is 16.2. The number of benzene rings is 2. The molecule has 1 aromatic heterocycles. The summed E-state index contributed by atoms with van der Waals surface area (Å²) in [6.45, 7) is 3.58. The van der Waals surface area contributed by atoms with Crippen molar-refractivity contribution in [3.05, 3.63) is 76.2 Å². The van der Waals surface area contributed by atoms with Crippen molar-refractivity contribution in [2.75, 3.05) is 25.5 Å². The summed E-state index contributed by atoms with van der Waals surface area (Å²) in [6, 6.07) is 18.0. The summed E-state index contributed by atoms with van der Waals surface area (Å²) in [4.78, 5) is 20.0. The first-order chi connectivity index (χ1) is 13.6. The van der Waals surface area contributed by atoms with E-state index in [1.165, 1.54) is 0 Å². The fourth-order valence-corrected chi connectivity index (χ4v) is 4.26. The zero-order chi connectivity index (χ0) is 19.8. The molecule has 0 bridgehead atoms. The molecule has 3 rings (SSSR count). The van der Waals surface area contributed by atoms with Gasteiger partial charge < -0.3 is 10.2 Å². The van der Waals surface area contributed by atoms with Crippen molar-refractivity contribution in [2.45, 2.75) is 24.0 Å². The molecule has 4 nitrogen and oxygen atoms in total. The van der Waals surface area contributed by atoms with Crippen LogP contribution in [0.25, 0.3) is 0 Å². The first-order valence-electron chi connectivity index (χ1n) is 9.30. The van der Waals surface area contributed by atoms with Gasteiger partial charge in [-0.1, -0.05) is 18.2 Å². The van der Waals surface area contributed by atoms with E-state index in [1.807, 2.05) is 68.6 Å². The fraction of sp³-hybridized carbons (Fsp3) is 0.273. The van der Waals surface area contributed by atoms with E-state index >= 15 is 0 Å². The highest BCUT2D eigenvalue weighted by atomic mass is 32.2. The quantitative estimate of drug-likeness (QED) is 0.382. The Hall–Kier alpha value is -2.31. The Morgan fingerprint density at radius 1 is 1.14 bits per heavy atom. The fourth-order valence-electron chi connectivity index (χ4n) is 2.75. The SMILES string of the molecule is Cc1nc(CSc2ccc(C(=O)N(C)CCCNc3ccccc3)cc2)cs1. The van der Waals surface area contributed by atoms with E-state index in [1.54, 1.807) is 28.0 Å². The van der Waals surface area contributed by atoms with Crippen LogP contribution in [-0.4, -0.2) is 35.9 Å². The number of thioether (sulfide) groups is 1. The zero-order valence-corrected chi connectivity index (χ0v) is 17.9. The summed E-state index contributed by atoms with van der Waals surface area (Å²) in [6.07, 6.45) is 0.901. The molecule has 0 saturated heterocycles. The number of nitrogens with one attached hydrogen (secondary N) is 1. The van der Waals surface area contributed by atoms with E-state index < -0.39 is 0 Å². The van der Waals surface area contributed by atoms with Gasteiger partial charge >= 0.3 is 0 Å². The van der Waals surface area contributed by atoms with Crippen LogP contribution in [0, 0.1) is 6.92 Å². The van der Waals surface area contributed by atoms with E-state index in [0.717, 1.165) is 52.1 Å². The monoisotopic (exact) mass is 411 g/mol. The molecule has 0 aliphatic heterocycles. The number of carbonyl (C=O) groups is 1. The summed E-state index contributed by atoms with van der Waals surface area (Å²) >= 11 is 3.42. The summed E-state index contributed by atoms with van der Waals surface area (Å²) < 4.78 is 0. The van der Waals surface area contributed by atoms with Crippen molar-refractivity contribution < 1.29 is 4.79 Å². The topological polar surface area (TPSA) is 45.2 Å². The maximum Gasteiger partial charge on any atom is 0.253 e. The number of aryl methyl sites for hydroxylation is 1. The van der Waals surface area contributed by atoms with Crippen LogP contribution < -0.4 is 5.32 Å². The average molecular weight is 412 g/mol. The highest BCUT2D eigenvalue weighted by Gasteiger charge is 2.11. The Balaban J connectivity index is 1.42. The van der Waals surface area contributed by atoms with Gasteiger partial charge in [-0.3, -0.25) is 4.79 Å². The molecule has 0 saturated carbocycles. The molecule has 0 spiro atoms. The molecule has 1 heterocycles. The predicted octanol–water partition coefficient (Wildman–Crippen LogP) is 5.32. The number of aromatic nitrogens is 1. The van der Waals surface area contributed by atoms with Gasteiger partial charge in [-0.15, -0.1) is 23.1 Å². The molecular formula is C22H25N3OS2. The van der Waals surface area contributed by atoms with Crippen LogP contribution in [-0.2, 0) is 5.75 Å². The van der Waals surface area contributed by atoms with Gasteiger partial charge in [0, 0.05) is 47.4 Å². The van der Waals surface area contributed by atoms with Gasteiger partial charge in [0.2, 0.25) is 0 Å². The van der Waals surface area contributed by atoms with Crippen LogP contribution in [0.1, 0.15) is 27.5 Å². The van der Waals surface area contributed by atoms with E-state index in [9.17, 15) is 4.79 Å². The molecule has 3 aromatic rings. The molecule has 2 aromatic carbocycles. The number of thiazole rings is 1. The minimum atomic E-state index is 0.0615. The summed E-state index contributed by atoms with van der Waals surface area (Å²) in [5.41, 5.74) is 2.95. The van der Waals surface area contributed by atoms with Crippen molar-refractivity contribution in [1.29, 1.82) is 0 Å². The van der Waals surface area contributed by atoms with Gasteiger partial charge in [0.1, 0.15) is 0 Å². The second kappa shape index (κ2) is 10.3. The second-order valence-corrected chi connectivity index (χ2v) is 8.65. The van der Waals surface area contributed by atoms with Gasteiger partial charge in [-0.2, -0.15) is 0 Å². The molecule has 1 amide bonds. The number of anilines is 1. The standard InChI is InChI=1S/C22H25N3OS2/c1-17-24-20(15-27-17)16-28-21-11-9-18(10-12-21)22(26)25(2)14-6-13-23-19-7-4-3-5-8-19/h3-5,7-12,15,23H,6,13-14,16H2,1-2H3. The van der Waals surface area contributed by atoms with Crippen molar-refractivity contribution in [1.82, 2.24) is 9.88 Å². The summed E-state index contributed by atoms with van der Waals surface area (Å²) in [5, 5.41) is 6.56. The van der Waals surface area contributed by atoms with Gasteiger partial charge in [-0.05, 0) is 49.7 Å². The lowest BCUT2D eigenvalue weighted by atomic mass is 10.2. The third-order valence-corrected chi connectivity index (χ3v) is 6.14. The lowest BCUT2D eigenvalue weighted by Crippen LogP contribution is -2.28. The molecule has 0 atom stereocenters. The smallest absolute Gasteiger partial charge is 0.253 e. The number of para-hydroxylation sites is 1. The minimum absolute atomic E-state index is 0.0615. The molecule has 1 N–H and O–H groups in total. The van der Waals surface area contributed by atoms with Crippen molar-refractivity contribution in [3.63, 3.8) is 0 Å². The van der Waals surface area contributed by atoms with E-state index in [4.69, 9.17) is 0 Å². The molecule has 28 heavy (non-hydrogen) atoms. The normalized spacial score (nSPS) is 10.6. The van der Waals surface area contributed by atoms with Crippen molar-refractivity contribution in [3.8, 4) is 0 Å². The highest BCUT2D eigenvalue weighted by Crippen LogP contribution is 2.24. The van der Waals surface area contributed by atoms with Gasteiger partial charge in [0.15, 0.2) is 0 Å². The van der Waals surface area contributed by atoms with Gasteiger partial charge in [0.05, 0.1) is 10.7 Å². The Kier molecular flexibility index (Phi) is 7.51. The largest absolute Gasteiger partial charge is 0.385 e. The number of carbonyl (C=O) groups excluding carboxylic acids is 1. The summed E-state index contributed by atoms with van der Waals surface area (Å²) in [7, 11) is 1.86. The predicted molar refractivity (Wildman–Crippen MR) is 119 cm³/mol. The lowest BCUT2D eigenvalue weighted by molar-refractivity contribution is 0.0794. The third kappa shape index (κ3) is 6.11. The number of nitrogens with zero attached hydrogens (tertiary/aromatic N) is 2. The highest BCUT2D eigenvalue weighted by molar-refractivity contribution is 7.98. The van der Waals surface area contributed by atoms with Crippen LogP contribution >= 0.6 is 23.1 Å². The van der Waals surface area contributed by atoms with E-state index in [0.29, 0.717) is 0 Å². The maximum atomic E-state index is 12.6. The van der Waals surface area contributed by atoms with Crippen LogP contribution in [0.4, 0.5) is 5.69 Å². The Bertz CT molecular complexity index is 878. The molecule has 0 fully saturated rings. The number of hydrogen-bond donors (Lipinski definition) is 1. The van der Waals surface area contributed by atoms with E-state index in [-0.39, 0.29) is 5.91 Å². The molecule has 0 radical (unpaired) electrons. The van der Waals surface area contributed by atoms with Crippen molar-refractivity contribution >= 4 is 34.7 Å². The second-order valence-electron chi connectivity index (χ2n) is 6.54. The van der Waals surface area contributed by atoms with Crippen LogP contribution in [0.3, 0.4) is 0 Å². The Morgan fingerprint density at radius 2 is 1.89 bits per heavy atom.